The smallest absolute Gasteiger partial charge is 0.230 e. The maximum Gasteiger partial charge on any atom is 0.230 e. The Morgan fingerprint density at radius 2 is 2.04 bits per heavy atom. The van der Waals surface area contributed by atoms with Gasteiger partial charge in [0.2, 0.25) is 5.91 Å². The minimum Gasteiger partial charge on any atom is -0.349 e. The van der Waals surface area contributed by atoms with Gasteiger partial charge < -0.3 is 10.3 Å². The average molecular weight is 337 g/mol. The fourth-order valence-electron chi connectivity index (χ4n) is 3.27. The highest BCUT2D eigenvalue weighted by molar-refractivity contribution is 7.99. The van der Waals surface area contributed by atoms with Crippen molar-refractivity contribution in [1.29, 1.82) is 0 Å². The van der Waals surface area contributed by atoms with E-state index in [1.807, 2.05) is 30.3 Å². The molecule has 5 heteroatoms. The summed E-state index contributed by atoms with van der Waals surface area (Å²) in [7, 11) is 0. The third-order valence-electron chi connectivity index (χ3n) is 4.41. The van der Waals surface area contributed by atoms with Gasteiger partial charge in [0.05, 0.1) is 22.8 Å². The van der Waals surface area contributed by atoms with Crippen LogP contribution in [0.3, 0.4) is 0 Å². The van der Waals surface area contributed by atoms with E-state index >= 15 is 0 Å². The number of rotatable bonds is 4. The lowest BCUT2D eigenvalue weighted by Gasteiger charge is -2.26. The van der Waals surface area contributed by atoms with E-state index < -0.39 is 0 Å². The number of fused-ring (bicyclic) bond motifs is 2. The first-order valence-electron chi connectivity index (χ1n) is 8.24. The van der Waals surface area contributed by atoms with E-state index in [0.29, 0.717) is 5.75 Å². The average Bonchev–Trinajstić information content (AvgIpc) is 3.03. The number of aromatic nitrogens is 2. The highest BCUT2D eigenvalue weighted by Gasteiger charge is 2.21. The molecule has 0 fully saturated rings. The molecule has 2 N–H and O–H groups in total. The Labute approximate surface area is 145 Å². The van der Waals surface area contributed by atoms with Crippen LogP contribution in [-0.2, 0) is 11.2 Å². The van der Waals surface area contributed by atoms with E-state index in [4.69, 9.17) is 0 Å². The maximum atomic E-state index is 12.3. The van der Waals surface area contributed by atoms with Crippen molar-refractivity contribution < 1.29 is 4.79 Å². The Bertz CT molecular complexity index is 841. The molecule has 0 aliphatic heterocycles. The van der Waals surface area contributed by atoms with Gasteiger partial charge in [-0.15, -0.1) is 0 Å². The number of hydrogen-bond donors (Lipinski definition) is 2. The number of amides is 1. The summed E-state index contributed by atoms with van der Waals surface area (Å²) in [6.45, 7) is 0. The summed E-state index contributed by atoms with van der Waals surface area (Å²) >= 11 is 1.45. The second kappa shape index (κ2) is 6.69. The molecule has 1 aromatic heterocycles. The predicted molar refractivity (Wildman–Crippen MR) is 97.1 cm³/mol. The summed E-state index contributed by atoms with van der Waals surface area (Å²) in [6.07, 6.45) is 3.24. The molecule has 0 radical (unpaired) electrons. The lowest BCUT2D eigenvalue weighted by atomic mass is 9.88. The monoisotopic (exact) mass is 337 g/mol. The molecule has 0 saturated heterocycles. The summed E-state index contributed by atoms with van der Waals surface area (Å²) in [5.74, 6) is 0.431. The number of aromatic amines is 1. The van der Waals surface area contributed by atoms with E-state index in [0.717, 1.165) is 35.5 Å². The Morgan fingerprint density at radius 1 is 1.21 bits per heavy atom. The highest BCUT2D eigenvalue weighted by atomic mass is 32.2. The van der Waals surface area contributed by atoms with Crippen molar-refractivity contribution in [3.8, 4) is 0 Å². The van der Waals surface area contributed by atoms with Crippen LogP contribution in [0.2, 0.25) is 0 Å². The standard InChI is InChI=1S/C19H19N3OS/c23-18(12-24-19-21-16-9-3-4-10-17(16)22-19)20-15-11-5-7-13-6-1-2-8-14(13)15/h1-4,6,8-10,15H,5,7,11-12H2,(H,20,23)(H,21,22)/t15-/m1/s1. The summed E-state index contributed by atoms with van der Waals surface area (Å²) < 4.78 is 0. The molecule has 24 heavy (non-hydrogen) atoms. The zero-order valence-corrected chi connectivity index (χ0v) is 14.1. The van der Waals surface area contributed by atoms with Crippen LogP contribution in [0.4, 0.5) is 0 Å². The lowest BCUT2D eigenvalue weighted by Crippen LogP contribution is -2.32. The zero-order chi connectivity index (χ0) is 16.4. The van der Waals surface area contributed by atoms with Crippen LogP contribution >= 0.6 is 11.8 Å². The van der Waals surface area contributed by atoms with E-state index in [9.17, 15) is 4.79 Å². The molecule has 0 spiro atoms. The Morgan fingerprint density at radius 3 is 2.96 bits per heavy atom. The van der Waals surface area contributed by atoms with Crippen molar-refractivity contribution in [2.75, 3.05) is 5.75 Å². The first-order valence-corrected chi connectivity index (χ1v) is 9.23. The number of benzene rings is 2. The molecule has 4 nitrogen and oxygen atoms in total. The van der Waals surface area contributed by atoms with Gasteiger partial charge in [0.15, 0.2) is 5.16 Å². The molecule has 1 heterocycles. The van der Waals surface area contributed by atoms with Crippen LogP contribution in [-0.4, -0.2) is 21.6 Å². The van der Waals surface area contributed by atoms with Gasteiger partial charge in [0.1, 0.15) is 0 Å². The predicted octanol–water partition coefficient (Wildman–Crippen LogP) is 3.85. The number of carbonyl (C=O) groups excluding carboxylic acids is 1. The van der Waals surface area contributed by atoms with Crippen LogP contribution in [0.5, 0.6) is 0 Å². The molecule has 1 atom stereocenters. The number of carbonyl (C=O) groups is 1. The second-order valence-electron chi connectivity index (χ2n) is 6.06. The van der Waals surface area contributed by atoms with Gasteiger partial charge in [-0.2, -0.15) is 0 Å². The normalized spacial score (nSPS) is 16.8. The highest BCUT2D eigenvalue weighted by Crippen LogP contribution is 2.29. The number of nitrogens with zero attached hydrogens (tertiary/aromatic N) is 1. The Balaban J connectivity index is 1.39. The number of thioether (sulfide) groups is 1. The molecule has 122 valence electrons. The molecule has 4 rings (SSSR count). The van der Waals surface area contributed by atoms with Gasteiger partial charge in [-0.3, -0.25) is 4.79 Å². The van der Waals surface area contributed by atoms with Crippen molar-refractivity contribution >= 4 is 28.7 Å². The largest absolute Gasteiger partial charge is 0.349 e. The van der Waals surface area contributed by atoms with E-state index in [2.05, 4.69) is 33.5 Å². The fourth-order valence-corrected chi connectivity index (χ4v) is 3.97. The van der Waals surface area contributed by atoms with E-state index in [1.165, 1.54) is 22.9 Å². The number of imidazole rings is 1. The van der Waals surface area contributed by atoms with E-state index in [-0.39, 0.29) is 11.9 Å². The molecule has 1 amide bonds. The maximum absolute atomic E-state index is 12.3. The molecular formula is C19H19N3OS. The van der Waals surface area contributed by atoms with Gasteiger partial charge in [0, 0.05) is 0 Å². The van der Waals surface area contributed by atoms with E-state index in [1.54, 1.807) is 0 Å². The van der Waals surface area contributed by atoms with Crippen molar-refractivity contribution in [3.63, 3.8) is 0 Å². The topological polar surface area (TPSA) is 57.8 Å². The Kier molecular flexibility index (Phi) is 4.26. The number of aryl methyl sites for hydroxylation is 1. The minimum absolute atomic E-state index is 0.0576. The van der Waals surface area contributed by atoms with Crippen molar-refractivity contribution in [3.05, 3.63) is 59.7 Å². The molecule has 3 aromatic rings. The third kappa shape index (κ3) is 3.17. The second-order valence-corrected chi connectivity index (χ2v) is 7.02. The number of hydrogen-bond acceptors (Lipinski definition) is 3. The molecule has 0 unspecified atom stereocenters. The van der Waals surface area contributed by atoms with Gasteiger partial charge in [-0.25, -0.2) is 4.98 Å². The first-order chi connectivity index (χ1) is 11.8. The molecule has 1 aliphatic carbocycles. The summed E-state index contributed by atoms with van der Waals surface area (Å²) in [5.41, 5.74) is 4.56. The third-order valence-corrected chi connectivity index (χ3v) is 5.29. The van der Waals surface area contributed by atoms with Gasteiger partial charge >= 0.3 is 0 Å². The summed E-state index contributed by atoms with van der Waals surface area (Å²) in [5, 5.41) is 3.97. The zero-order valence-electron chi connectivity index (χ0n) is 13.3. The minimum atomic E-state index is 0.0576. The van der Waals surface area contributed by atoms with Gasteiger partial charge in [-0.1, -0.05) is 48.2 Å². The summed E-state index contributed by atoms with van der Waals surface area (Å²) in [6, 6.07) is 16.4. The van der Waals surface area contributed by atoms with Crippen LogP contribution in [0.15, 0.2) is 53.7 Å². The van der Waals surface area contributed by atoms with Crippen molar-refractivity contribution in [2.45, 2.75) is 30.5 Å². The Hall–Kier alpha value is -2.27. The lowest BCUT2D eigenvalue weighted by molar-refractivity contribution is -0.119. The molecule has 2 aromatic carbocycles. The van der Waals surface area contributed by atoms with Gasteiger partial charge in [0.25, 0.3) is 0 Å². The van der Waals surface area contributed by atoms with Crippen LogP contribution in [0.25, 0.3) is 11.0 Å². The van der Waals surface area contributed by atoms with Crippen LogP contribution < -0.4 is 5.32 Å². The molecule has 0 bridgehead atoms. The van der Waals surface area contributed by atoms with Crippen LogP contribution in [0.1, 0.15) is 30.0 Å². The fraction of sp³-hybridized carbons (Fsp3) is 0.263. The molecule has 1 aliphatic rings. The molecular weight excluding hydrogens is 318 g/mol. The number of H-pyrrole nitrogens is 1. The summed E-state index contributed by atoms with van der Waals surface area (Å²) in [4.78, 5) is 20.1. The first kappa shape index (κ1) is 15.3. The SMILES string of the molecule is O=C(CSc1nc2ccccc2[nH]1)N[C@@H]1CCCc2ccccc21. The number of nitrogens with one attached hydrogen (secondary N) is 2. The number of para-hydroxylation sites is 2. The van der Waals surface area contributed by atoms with Crippen molar-refractivity contribution in [1.82, 2.24) is 15.3 Å². The van der Waals surface area contributed by atoms with Crippen LogP contribution in [0, 0.1) is 0 Å². The van der Waals surface area contributed by atoms with Gasteiger partial charge in [-0.05, 0) is 42.5 Å². The molecule has 0 saturated carbocycles. The van der Waals surface area contributed by atoms with Crippen molar-refractivity contribution in [2.24, 2.45) is 0 Å². The quantitative estimate of drug-likeness (QED) is 0.711.